The highest BCUT2D eigenvalue weighted by Gasteiger charge is 2.32. The summed E-state index contributed by atoms with van der Waals surface area (Å²) in [4.78, 5) is 71.6. The second-order valence-electron chi connectivity index (χ2n) is 8.19. The Labute approximate surface area is 211 Å². The number of imidazole rings is 1. The van der Waals surface area contributed by atoms with Gasteiger partial charge in [-0.05, 0) is 19.8 Å². The number of carbonyl (C=O) groups is 5. The van der Waals surface area contributed by atoms with Gasteiger partial charge in [0.1, 0.15) is 12.1 Å². The number of hydrogen-bond donors (Lipinski definition) is 10. The van der Waals surface area contributed by atoms with E-state index in [9.17, 15) is 34.2 Å². The van der Waals surface area contributed by atoms with Crippen molar-refractivity contribution < 1.29 is 34.2 Å². The maximum absolute atomic E-state index is 13.0. The van der Waals surface area contributed by atoms with Crippen LogP contribution in [0.1, 0.15) is 31.9 Å². The number of carboxylic acid groups (broad SMARTS) is 1. The van der Waals surface area contributed by atoms with E-state index in [1.54, 1.807) is 0 Å². The average molecular weight is 527 g/mol. The zero-order valence-electron chi connectivity index (χ0n) is 20.2. The molecule has 0 aliphatic rings. The van der Waals surface area contributed by atoms with E-state index in [-0.39, 0.29) is 31.8 Å². The molecule has 0 bridgehead atoms. The third-order valence-corrected chi connectivity index (χ3v) is 4.99. The number of nitrogens with zero attached hydrogens (tertiary/aromatic N) is 2. The Bertz CT molecular complexity index is 963. The van der Waals surface area contributed by atoms with Crippen molar-refractivity contribution >= 4 is 35.6 Å². The molecule has 5 atom stereocenters. The molecule has 1 aromatic heterocycles. The first kappa shape index (κ1) is 30.8. The maximum Gasteiger partial charge on any atom is 0.328 e. The molecule has 5 unspecified atom stereocenters. The van der Waals surface area contributed by atoms with E-state index in [4.69, 9.17) is 22.9 Å². The first-order chi connectivity index (χ1) is 17.3. The van der Waals surface area contributed by atoms with Crippen molar-refractivity contribution in [3.8, 4) is 0 Å². The fourth-order valence-electron chi connectivity index (χ4n) is 3.10. The topological polar surface area (TPSA) is 307 Å². The molecule has 1 rings (SSSR count). The number of aromatic nitrogens is 2. The molecule has 4 amide bonds. The Kier molecular flexibility index (Phi) is 12.5. The van der Waals surface area contributed by atoms with Crippen molar-refractivity contribution in [2.45, 2.75) is 62.9 Å². The summed E-state index contributed by atoms with van der Waals surface area (Å²) in [5, 5.41) is 25.6. The van der Waals surface area contributed by atoms with Gasteiger partial charge >= 0.3 is 5.97 Å². The molecule has 0 fully saturated rings. The number of aliphatic carboxylic acids is 1. The molecular weight excluding hydrogens is 492 g/mol. The predicted octanol–water partition coefficient (Wildman–Crippen LogP) is -4.87. The van der Waals surface area contributed by atoms with Gasteiger partial charge in [-0.15, -0.1) is 0 Å². The molecule has 0 spiro atoms. The number of aliphatic hydroxyl groups excluding tert-OH is 1. The van der Waals surface area contributed by atoms with E-state index in [2.05, 4.69) is 25.6 Å². The third-order valence-electron chi connectivity index (χ3n) is 4.99. The first-order valence-electron chi connectivity index (χ1n) is 11.2. The summed E-state index contributed by atoms with van der Waals surface area (Å²) in [6.45, 7) is 1.26. The van der Waals surface area contributed by atoms with Gasteiger partial charge in [-0.3, -0.25) is 24.2 Å². The number of hydrogen-bond acceptors (Lipinski definition) is 9. The summed E-state index contributed by atoms with van der Waals surface area (Å²) in [5.41, 5.74) is 22.3. The van der Waals surface area contributed by atoms with Gasteiger partial charge in [0.2, 0.25) is 23.6 Å². The summed E-state index contributed by atoms with van der Waals surface area (Å²) in [5.74, 6) is -5.33. The molecule has 37 heavy (non-hydrogen) atoms. The normalized spacial score (nSPS) is 14.8. The van der Waals surface area contributed by atoms with Gasteiger partial charge in [-0.25, -0.2) is 9.78 Å². The lowest BCUT2D eigenvalue weighted by molar-refractivity contribution is -0.145. The molecule has 0 saturated carbocycles. The number of nitrogens with two attached hydrogens (primary N) is 4. The smallest absolute Gasteiger partial charge is 0.328 e. The monoisotopic (exact) mass is 526 g/mol. The SMILES string of the molecule is CC(O)C(NC(=O)C(CC(N)=O)NC(=O)C(CCCN=C(N)N)NC(=O)C(N)Cc1cnc[nH]1)C(=O)O. The van der Waals surface area contributed by atoms with Crippen molar-refractivity contribution in [1.29, 1.82) is 0 Å². The lowest BCUT2D eigenvalue weighted by Gasteiger charge is -2.25. The van der Waals surface area contributed by atoms with Gasteiger partial charge in [0.15, 0.2) is 12.0 Å². The Morgan fingerprint density at radius 2 is 1.68 bits per heavy atom. The number of aliphatic imine (C=N–C) groups is 1. The van der Waals surface area contributed by atoms with Crippen LogP contribution in [0.4, 0.5) is 0 Å². The standard InChI is InChI=1S/C20H34N10O7/c1-9(31)15(19(36)37)30-18(35)13(6-14(22)32)29-17(34)12(3-2-4-26-20(23)24)28-16(33)11(21)5-10-7-25-8-27-10/h7-9,11-13,15,31H,2-6,21H2,1H3,(H2,22,32)(H,25,27)(H,28,33)(H,29,34)(H,30,35)(H,36,37)(H4,23,24,26). The number of primary amides is 1. The maximum atomic E-state index is 13.0. The van der Waals surface area contributed by atoms with Crippen molar-refractivity contribution in [3.05, 3.63) is 18.2 Å². The van der Waals surface area contributed by atoms with Gasteiger partial charge in [0.05, 0.1) is 24.9 Å². The van der Waals surface area contributed by atoms with Crippen LogP contribution < -0.4 is 38.9 Å². The minimum Gasteiger partial charge on any atom is -0.480 e. The molecule has 1 aromatic rings. The van der Waals surface area contributed by atoms with E-state index in [0.717, 1.165) is 6.92 Å². The van der Waals surface area contributed by atoms with Gasteiger partial charge < -0.3 is 54.1 Å². The summed E-state index contributed by atoms with van der Waals surface area (Å²) >= 11 is 0. The van der Waals surface area contributed by atoms with Crippen LogP contribution in [0.3, 0.4) is 0 Å². The predicted molar refractivity (Wildman–Crippen MR) is 129 cm³/mol. The number of amides is 4. The van der Waals surface area contributed by atoms with E-state index in [1.807, 2.05) is 5.32 Å². The van der Waals surface area contributed by atoms with E-state index >= 15 is 0 Å². The van der Waals surface area contributed by atoms with Crippen LogP contribution in [-0.2, 0) is 30.4 Å². The number of guanidine groups is 1. The molecule has 14 N–H and O–H groups in total. The second-order valence-corrected chi connectivity index (χ2v) is 8.19. The summed E-state index contributed by atoms with van der Waals surface area (Å²) in [6.07, 6.45) is 1.08. The molecule has 0 radical (unpaired) electrons. The van der Waals surface area contributed by atoms with Crippen LogP contribution in [0.25, 0.3) is 0 Å². The molecule has 17 heteroatoms. The molecule has 1 heterocycles. The first-order valence-corrected chi connectivity index (χ1v) is 11.2. The van der Waals surface area contributed by atoms with Crippen molar-refractivity contribution in [2.75, 3.05) is 6.54 Å². The highest BCUT2D eigenvalue weighted by Crippen LogP contribution is 2.04. The quantitative estimate of drug-likeness (QED) is 0.0553. The molecule has 0 aromatic carbocycles. The van der Waals surface area contributed by atoms with Crippen LogP contribution >= 0.6 is 0 Å². The van der Waals surface area contributed by atoms with E-state index < -0.39 is 66.3 Å². The molecule has 0 saturated heterocycles. The molecular formula is C20H34N10O7. The number of carboxylic acids is 1. The zero-order chi connectivity index (χ0) is 28.1. The third kappa shape index (κ3) is 11.4. The fourth-order valence-corrected chi connectivity index (χ4v) is 3.10. The highest BCUT2D eigenvalue weighted by molar-refractivity contribution is 5.96. The number of aliphatic hydroxyl groups is 1. The zero-order valence-corrected chi connectivity index (χ0v) is 20.2. The Hall–Kier alpha value is -4.25. The number of H-pyrrole nitrogens is 1. The van der Waals surface area contributed by atoms with Gasteiger partial charge in [0, 0.05) is 24.9 Å². The molecule has 17 nitrogen and oxygen atoms in total. The lowest BCUT2D eigenvalue weighted by Crippen LogP contribution is -2.59. The molecule has 0 aliphatic heterocycles. The summed E-state index contributed by atoms with van der Waals surface area (Å²) < 4.78 is 0. The summed E-state index contributed by atoms with van der Waals surface area (Å²) in [6, 6.07) is -5.60. The van der Waals surface area contributed by atoms with Crippen LogP contribution in [0, 0.1) is 0 Å². The van der Waals surface area contributed by atoms with Gasteiger partial charge in [-0.2, -0.15) is 0 Å². The van der Waals surface area contributed by atoms with E-state index in [1.165, 1.54) is 12.5 Å². The molecule has 0 aliphatic carbocycles. The largest absolute Gasteiger partial charge is 0.480 e. The highest BCUT2D eigenvalue weighted by atomic mass is 16.4. The van der Waals surface area contributed by atoms with Crippen molar-refractivity contribution in [2.24, 2.45) is 27.9 Å². The van der Waals surface area contributed by atoms with Crippen LogP contribution in [0.2, 0.25) is 0 Å². The van der Waals surface area contributed by atoms with Crippen LogP contribution in [-0.4, -0.2) is 92.6 Å². The van der Waals surface area contributed by atoms with Crippen LogP contribution in [0.5, 0.6) is 0 Å². The van der Waals surface area contributed by atoms with Gasteiger partial charge in [0.25, 0.3) is 0 Å². The Morgan fingerprint density at radius 1 is 1.05 bits per heavy atom. The minimum atomic E-state index is -1.71. The van der Waals surface area contributed by atoms with Gasteiger partial charge in [-0.1, -0.05) is 0 Å². The second kappa shape index (κ2) is 15.0. The number of aromatic amines is 1. The lowest BCUT2D eigenvalue weighted by atomic mass is 10.1. The van der Waals surface area contributed by atoms with E-state index in [0.29, 0.717) is 5.69 Å². The number of rotatable bonds is 16. The molecule has 206 valence electrons. The average Bonchev–Trinajstić information content (AvgIpc) is 3.30. The summed E-state index contributed by atoms with van der Waals surface area (Å²) in [7, 11) is 0. The Morgan fingerprint density at radius 3 is 2.19 bits per heavy atom. The number of carbonyl (C=O) groups excluding carboxylic acids is 4. The Balaban J connectivity index is 3.01. The van der Waals surface area contributed by atoms with Crippen LogP contribution in [0.15, 0.2) is 17.5 Å². The van der Waals surface area contributed by atoms with Crippen molar-refractivity contribution in [1.82, 2.24) is 25.9 Å². The van der Waals surface area contributed by atoms with Crippen molar-refractivity contribution in [3.63, 3.8) is 0 Å². The fraction of sp³-hybridized carbons (Fsp3) is 0.550. The number of nitrogens with one attached hydrogen (secondary N) is 4. The minimum absolute atomic E-state index is 0.0153.